The summed E-state index contributed by atoms with van der Waals surface area (Å²) >= 11 is 7.16. The Bertz CT molecular complexity index is 726. The van der Waals surface area contributed by atoms with E-state index in [-0.39, 0.29) is 6.61 Å². The molecule has 0 unspecified atom stereocenters. The van der Waals surface area contributed by atoms with Gasteiger partial charge in [0.15, 0.2) is 5.16 Å². The molecule has 0 amide bonds. The van der Waals surface area contributed by atoms with Gasteiger partial charge in [-0.2, -0.15) is 4.98 Å². The van der Waals surface area contributed by atoms with Crippen molar-refractivity contribution in [1.82, 2.24) is 14.8 Å². The van der Waals surface area contributed by atoms with Crippen LogP contribution in [0.1, 0.15) is 5.56 Å². The monoisotopic (exact) mass is 299 g/mol. The fourth-order valence-electron chi connectivity index (χ4n) is 1.38. The molecule has 0 radical (unpaired) electrons. The molecule has 2 N–H and O–H groups in total. The van der Waals surface area contributed by atoms with Gasteiger partial charge in [0.2, 0.25) is 0 Å². The highest BCUT2D eigenvalue weighted by atomic mass is 35.5. The van der Waals surface area contributed by atoms with Gasteiger partial charge in [-0.15, -0.1) is 0 Å². The van der Waals surface area contributed by atoms with Crippen molar-refractivity contribution in [2.24, 2.45) is 7.05 Å². The van der Waals surface area contributed by atoms with E-state index in [1.165, 1.54) is 16.4 Å². The fourth-order valence-corrected chi connectivity index (χ4v) is 2.52. The Labute approximate surface area is 117 Å². The Hall–Kier alpha value is -1.57. The van der Waals surface area contributed by atoms with E-state index in [0.29, 0.717) is 15.7 Å². The van der Waals surface area contributed by atoms with Crippen LogP contribution in [-0.4, -0.2) is 19.9 Å². The Kier molecular flexibility index (Phi) is 4.08. The third-order valence-corrected chi connectivity index (χ3v) is 3.74. The summed E-state index contributed by atoms with van der Waals surface area (Å²) in [4.78, 5) is 26.7. The van der Waals surface area contributed by atoms with Crippen molar-refractivity contribution >= 4 is 23.4 Å². The van der Waals surface area contributed by atoms with Gasteiger partial charge in [0.1, 0.15) is 0 Å². The van der Waals surface area contributed by atoms with Crippen LogP contribution in [0.25, 0.3) is 0 Å². The number of nitrogens with one attached hydrogen (secondary N) is 1. The maximum Gasteiger partial charge on any atom is 0.339 e. The second-order valence-electron chi connectivity index (χ2n) is 3.71. The van der Waals surface area contributed by atoms with Crippen molar-refractivity contribution in [2.45, 2.75) is 16.7 Å². The van der Waals surface area contributed by atoms with Crippen LogP contribution < -0.4 is 11.1 Å². The summed E-state index contributed by atoms with van der Waals surface area (Å²) in [6.45, 7) is -0.140. The summed E-state index contributed by atoms with van der Waals surface area (Å²) in [7, 11) is 1.58. The van der Waals surface area contributed by atoms with E-state index in [4.69, 9.17) is 16.7 Å². The predicted octanol–water partition coefficient (Wildman–Crippen LogP) is 0.765. The minimum atomic E-state index is -0.835. The van der Waals surface area contributed by atoms with E-state index in [9.17, 15) is 9.59 Å². The molecule has 0 aliphatic carbocycles. The second kappa shape index (κ2) is 5.60. The van der Waals surface area contributed by atoms with Gasteiger partial charge in [-0.1, -0.05) is 29.4 Å². The number of H-pyrrole nitrogens is 1. The van der Waals surface area contributed by atoms with Gasteiger partial charge >= 0.3 is 11.1 Å². The van der Waals surface area contributed by atoms with Crippen molar-refractivity contribution in [3.05, 3.63) is 49.5 Å². The van der Waals surface area contributed by atoms with Crippen molar-refractivity contribution < 1.29 is 5.11 Å². The number of rotatable bonds is 3. The van der Waals surface area contributed by atoms with Gasteiger partial charge < -0.3 is 5.11 Å². The number of aliphatic hydroxyl groups excluding tert-OH is 1. The smallest absolute Gasteiger partial charge is 0.339 e. The van der Waals surface area contributed by atoms with E-state index in [0.717, 1.165) is 4.90 Å². The number of aromatic amines is 1. The average Bonchev–Trinajstić information content (AvgIpc) is 2.36. The first-order chi connectivity index (χ1) is 9.01. The van der Waals surface area contributed by atoms with Gasteiger partial charge in [0, 0.05) is 17.0 Å². The lowest BCUT2D eigenvalue weighted by atomic mass is 10.2. The number of aromatic nitrogens is 3. The minimum absolute atomic E-state index is 0.140. The molecule has 1 heterocycles. The molecule has 100 valence electrons. The summed E-state index contributed by atoms with van der Waals surface area (Å²) in [6, 6.07) is 5.10. The van der Waals surface area contributed by atoms with E-state index >= 15 is 0 Å². The Morgan fingerprint density at radius 2 is 2.21 bits per heavy atom. The summed E-state index contributed by atoms with van der Waals surface area (Å²) in [5.74, 6) is 0. The molecule has 0 saturated heterocycles. The number of hydrogen-bond acceptors (Lipinski definition) is 5. The lowest BCUT2D eigenvalue weighted by molar-refractivity contribution is 0.282. The lowest BCUT2D eigenvalue weighted by Gasteiger charge is -2.07. The van der Waals surface area contributed by atoms with E-state index < -0.39 is 11.1 Å². The van der Waals surface area contributed by atoms with Crippen LogP contribution in [0.4, 0.5) is 0 Å². The molecule has 1 aromatic carbocycles. The second-order valence-corrected chi connectivity index (χ2v) is 5.16. The number of nitrogens with zero attached hydrogens (tertiary/aromatic N) is 2. The number of halogens is 1. The van der Waals surface area contributed by atoms with Crippen LogP contribution in [0.5, 0.6) is 0 Å². The first-order valence-electron chi connectivity index (χ1n) is 5.25. The molecule has 0 fully saturated rings. The zero-order chi connectivity index (χ0) is 14.0. The maximum absolute atomic E-state index is 11.2. The molecule has 8 heteroatoms. The molecule has 1 aromatic heterocycles. The van der Waals surface area contributed by atoms with Crippen molar-refractivity contribution in [3.8, 4) is 0 Å². The molecular weight excluding hydrogens is 290 g/mol. The summed E-state index contributed by atoms with van der Waals surface area (Å²) in [6.07, 6.45) is 0. The molecular formula is C11H10ClN3O3S. The highest BCUT2D eigenvalue weighted by molar-refractivity contribution is 7.99. The number of benzene rings is 1. The molecule has 0 saturated carbocycles. The van der Waals surface area contributed by atoms with Gasteiger partial charge in [0.05, 0.1) is 6.61 Å². The number of aliphatic hydroxyl groups is 1. The van der Waals surface area contributed by atoms with Crippen LogP contribution in [0.15, 0.2) is 37.8 Å². The zero-order valence-electron chi connectivity index (χ0n) is 9.88. The first kappa shape index (κ1) is 13.9. The minimum Gasteiger partial charge on any atom is -0.392 e. The lowest BCUT2D eigenvalue weighted by Crippen LogP contribution is -2.33. The van der Waals surface area contributed by atoms with Crippen LogP contribution in [0, 0.1) is 0 Å². The van der Waals surface area contributed by atoms with Gasteiger partial charge in [0.25, 0.3) is 0 Å². The van der Waals surface area contributed by atoms with Crippen LogP contribution in [0.3, 0.4) is 0 Å². The molecule has 0 spiro atoms. The van der Waals surface area contributed by atoms with Gasteiger partial charge in [-0.05, 0) is 17.7 Å². The third kappa shape index (κ3) is 3.06. The Morgan fingerprint density at radius 1 is 1.47 bits per heavy atom. The highest BCUT2D eigenvalue weighted by Gasteiger charge is 2.08. The molecule has 6 nitrogen and oxygen atoms in total. The number of hydrogen-bond donors (Lipinski definition) is 2. The van der Waals surface area contributed by atoms with Crippen molar-refractivity contribution in [2.75, 3.05) is 0 Å². The van der Waals surface area contributed by atoms with Crippen molar-refractivity contribution in [1.29, 1.82) is 0 Å². The van der Waals surface area contributed by atoms with Crippen molar-refractivity contribution in [3.63, 3.8) is 0 Å². The van der Waals surface area contributed by atoms with E-state index in [1.54, 1.807) is 25.2 Å². The SMILES string of the molecule is Cn1[nH]c(=O)c(=O)nc1Sc1ccc(CO)c(Cl)c1. The maximum atomic E-state index is 11.2. The molecule has 2 aromatic rings. The molecule has 19 heavy (non-hydrogen) atoms. The molecule has 0 aliphatic rings. The standard InChI is InChI=1S/C11H10ClN3O3S/c1-15-11(13-9(17)10(18)14-15)19-7-3-2-6(5-16)8(12)4-7/h2-4,16H,5H2,1H3,(H,14,18). The fraction of sp³-hybridized carbons (Fsp3) is 0.182. The number of aryl methyl sites for hydroxylation is 1. The predicted molar refractivity (Wildman–Crippen MR) is 71.6 cm³/mol. The highest BCUT2D eigenvalue weighted by Crippen LogP contribution is 2.28. The summed E-state index contributed by atoms with van der Waals surface area (Å²) < 4.78 is 1.36. The topological polar surface area (TPSA) is 88.0 Å². The average molecular weight is 300 g/mol. The first-order valence-corrected chi connectivity index (χ1v) is 6.45. The Balaban J connectivity index is 2.36. The van der Waals surface area contributed by atoms with Gasteiger partial charge in [-0.25, -0.2) is 0 Å². The van der Waals surface area contributed by atoms with E-state index in [1.807, 2.05) is 0 Å². The summed E-state index contributed by atoms with van der Waals surface area (Å²) in [5, 5.41) is 12.2. The van der Waals surface area contributed by atoms with Crippen LogP contribution in [0.2, 0.25) is 5.02 Å². The third-order valence-electron chi connectivity index (χ3n) is 2.35. The Morgan fingerprint density at radius 3 is 2.84 bits per heavy atom. The molecule has 0 atom stereocenters. The molecule has 0 aliphatic heterocycles. The van der Waals surface area contributed by atoms with E-state index in [2.05, 4.69) is 10.1 Å². The largest absolute Gasteiger partial charge is 0.392 e. The van der Waals surface area contributed by atoms with Crippen LogP contribution >= 0.6 is 23.4 Å². The summed E-state index contributed by atoms with van der Waals surface area (Å²) in [5.41, 5.74) is -0.978. The quantitative estimate of drug-likeness (QED) is 0.817. The normalized spacial score (nSPS) is 10.7. The van der Waals surface area contributed by atoms with Gasteiger partial charge in [-0.3, -0.25) is 19.4 Å². The van der Waals surface area contributed by atoms with Crippen LogP contribution in [-0.2, 0) is 13.7 Å². The molecule has 0 bridgehead atoms. The molecule has 2 rings (SSSR count). The zero-order valence-corrected chi connectivity index (χ0v) is 11.5.